The van der Waals surface area contributed by atoms with Gasteiger partial charge < -0.3 is 10.1 Å². The molecule has 1 atom stereocenters. The van der Waals surface area contributed by atoms with Crippen molar-refractivity contribution in [2.75, 3.05) is 6.61 Å². The van der Waals surface area contributed by atoms with Crippen LogP contribution in [-0.2, 0) is 16.6 Å². The van der Waals surface area contributed by atoms with Gasteiger partial charge in [-0.3, -0.25) is 9.59 Å². The van der Waals surface area contributed by atoms with Gasteiger partial charge in [-0.25, -0.2) is 9.48 Å². The lowest BCUT2D eigenvalue weighted by Crippen LogP contribution is -2.32. The zero-order valence-electron chi connectivity index (χ0n) is 14.3. The van der Waals surface area contributed by atoms with Crippen molar-refractivity contribution in [3.8, 4) is 0 Å². The normalized spacial score (nSPS) is 11.6. The molecule has 0 aliphatic rings. The predicted molar refractivity (Wildman–Crippen MR) is 92.0 cm³/mol. The van der Waals surface area contributed by atoms with Gasteiger partial charge in [0.25, 0.3) is 11.5 Å². The van der Waals surface area contributed by atoms with Crippen molar-refractivity contribution in [3.05, 3.63) is 64.1 Å². The smallest absolute Gasteiger partial charge is 0.359 e. The number of nitrogens with one attached hydrogen (secondary N) is 1. The van der Waals surface area contributed by atoms with E-state index in [2.05, 4.69) is 10.4 Å². The first kappa shape index (κ1) is 18.4. The Morgan fingerprint density at radius 2 is 1.92 bits per heavy atom. The van der Waals surface area contributed by atoms with Gasteiger partial charge in [-0.15, -0.1) is 0 Å². The van der Waals surface area contributed by atoms with E-state index in [9.17, 15) is 14.4 Å². The number of rotatable bonds is 7. The second-order valence-electron chi connectivity index (χ2n) is 5.58. The van der Waals surface area contributed by atoms with Gasteiger partial charge in [0.05, 0.1) is 6.04 Å². The number of carbonyl (C=O) groups excluding carboxylic acids is 2. The molecule has 0 saturated carbocycles. The highest BCUT2D eigenvalue weighted by atomic mass is 16.5. The quantitative estimate of drug-likeness (QED) is 0.771. The van der Waals surface area contributed by atoms with Crippen molar-refractivity contribution in [2.24, 2.45) is 7.05 Å². The second kappa shape index (κ2) is 8.77. The lowest BCUT2D eigenvalue weighted by molar-refractivity contribution is -0.125. The van der Waals surface area contributed by atoms with Crippen LogP contribution in [0.25, 0.3) is 0 Å². The summed E-state index contributed by atoms with van der Waals surface area (Å²) in [5, 5.41) is 6.66. The standard InChI is InChI=1S/C18H21N3O4/c1-3-7-14(13-8-5-4-6-9-13)19-16(22)12-25-18(24)15-10-11-17(23)21(2)20-15/h4-6,8-11,14H,3,7,12H2,1-2H3,(H,19,22). The van der Waals surface area contributed by atoms with Crippen LogP contribution >= 0.6 is 0 Å². The number of aromatic nitrogens is 2. The Bertz CT molecular complexity index is 786. The molecular weight excluding hydrogens is 322 g/mol. The Labute approximate surface area is 145 Å². The van der Waals surface area contributed by atoms with Crippen molar-refractivity contribution in [1.82, 2.24) is 15.1 Å². The molecule has 2 rings (SSSR count). The summed E-state index contributed by atoms with van der Waals surface area (Å²) in [4.78, 5) is 35.3. The third-order valence-electron chi connectivity index (χ3n) is 3.62. The van der Waals surface area contributed by atoms with Gasteiger partial charge in [0.1, 0.15) is 0 Å². The fraction of sp³-hybridized carbons (Fsp3) is 0.333. The van der Waals surface area contributed by atoms with Crippen molar-refractivity contribution < 1.29 is 14.3 Å². The molecule has 0 bridgehead atoms. The van der Waals surface area contributed by atoms with Crippen molar-refractivity contribution in [3.63, 3.8) is 0 Å². The lowest BCUT2D eigenvalue weighted by atomic mass is 10.0. The van der Waals surface area contributed by atoms with E-state index < -0.39 is 12.6 Å². The third kappa shape index (κ3) is 5.27. The second-order valence-corrected chi connectivity index (χ2v) is 5.58. The highest BCUT2D eigenvalue weighted by Crippen LogP contribution is 2.17. The van der Waals surface area contributed by atoms with Crippen LogP contribution in [0.4, 0.5) is 0 Å². The number of carbonyl (C=O) groups is 2. The Kier molecular flexibility index (Phi) is 6.45. The molecule has 1 unspecified atom stereocenters. The summed E-state index contributed by atoms with van der Waals surface area (Å²) in [6.45, 7) is 1.63. The fourth-order valence-electron chi connectivity index (χ4n) is 2.35. The summed E-state index contributed by atoms with van der Waals surface area (Å²) in [6, 6.07) is 12.0. The molecule has 0 aliphatic carbocycles. The molecule has 7 nitrogen and oxygen atoms in total. The number of hydrogen-bond donors (Lipinski definition) is 1. The maximum Gasteiger partial charge on any atom is 0.359 e. The Morgan fingerprint density at radius 1 is 1.20 bits per heavy atom. The van der Waals surface area contributed by atoms with Crippen LogP contribution in [0.15, 0.2) is 47.3 Å². The molecule has 1 aromatic carbocycles. The maximum atomic E-state index is 12.1. The maximum absolute atomic E-state index is 12.1. The van der Waals surface area contributed by atoms with E-state index in [0.29, 0.717) is 0 Å². The van der Waals surface area contributed by atoms with Crippen molar-refractivity contribution >= 4 is 11.9 Å². The minimum Gasteiger partial charge on any atom is -0.451 e. The zero-order chi connectivity index (χ0) is 18.2. The molecule has 132 valence electrons. The highest BCUT2D eigenvalue weighted by Gasteiger charge is 2.16. The summed E-state index contributed by atoms with van der Waals surface area (Å²) >= 11 is 0. The monoisotopic (exact) mass is 343 g/mol. The van der Waals surface area contributed by atoms with Gasteiger partial charge >= 0.3 is 5.97 Å². The van der Waals surface area contributed by atoms with E-state index in [-0.39, 0.29) is 23.2 Å². The molecule has 0 radical (unpaired) electrons. The van der Waals surface area contributed by atoms with Crippen LogP contribution in [0, 0.1) is 0 Å². The number of amides is 1. The van der Waals surface area contributed by atoms with E-state index in [4.69, 9.17) is 4.74 Å². The fourth-order valence-corrected chi connectivity index (χ4v) is 2.35. The number of benzene rings is 1. The van der Waals surface area contributed by atoms with E-state index >= 15 is 0 Å². The SMILES string of the molecule is CCCC(NC(=O)COC(=O)c1ccc(=O)n(C)n1)c1ccccc1. The average molecular weight is 343 g/mol. The number of esters is 1. The number of nitrogens with zero attached hydrogens (tertiary/aromatic N) is 2. The van der Waals surface area contributed by atoms with Crippen LogP contribution in [0.1, 0.15) is 41.9 Å². The molecule has 7 heteroatoms. The van der Waals surface area contributed by atoms with Crippen molar-refractivity contribution in [2.45, 2.75) is 25.8 Å². The molecule has 2 aromatic rings. The first-order valence-corrected chi connectivity index (χ1v) is 8.07. The van der Waals surface area contributed by atoms with Crippen LogP contribution in [0.2, 0.25) is 0 Å². The highest BCUT2D eigenvalue weighted by molar-refractivity contribution is 5.89. The van der Waals surface area contributed by atoms with E-state index in [1.807, 2.05) is 37.3 Å². The van der Waals surface area contributed by atoms with E-state index in [0.717, 1.165) is 23.1 Å². The Hall–Kier alpha value is -2.96. The molecule has 1 N–H and O–H groups in total. The van der Waals surface area contributed by atoms with Crippen molar-refractivity contribution in [1.29, 1.82) is 0 Å². The largest absolute Gasteiger partial charge is 0.451 e. The summed E-state index contributed by atoms with van der Waals surface area (Å²) in [5.74, 6) is -1.14. The van der Waals surface area contributed by atoms with Crippen LogP contribution < -0.4 is 10.9 Å². The molecule has 0 fully saturated rings. The predicted octanol–water partition coefficient (Wildman–Crippen LogP) is 1.59. The van der Waals surface area contributed by atoms with E-state index in [1.54, 1.807) is 0 Å². The average Bonchev–Trinajstić information content (AvgIpc) is 2.62. The minimum atomic E-state index is -0.752. The third-order valence-corrected chi connectivity index (χ3v) is 3.62. The zero-order valence-corrected chi connectivity index (χ0v) is 14.3. The van der Waals surface area contributed by atoms with E-state index in [1.165, 1.54) is 19.2 Å². The molecule has 0 spiro atoms. The van der Waals surface area contributed by atoms with Gasteiger partial charge in [-0.1, -0.05) is 43.7 Å². The Balaban J connectivity index is 1.93. The van der Waals surface area contributed by atoms with Gasteiger partial charge in [-0.2, -0.15) is 5.10 Å². The van der Waals surface area contributed by atoms with Gasteiger partial charge in [0, 0.05) is 13.1 Å². The number of hydrogen-bond acceptors (Lipinski definition) is 5. The summed E-state index contributed by atoms with van der Waals surface area (Å²) in [5.41, 5.74) is 0.645. The first-order valence-electron chi connectivity index (χ1n) is 8.07. The first-order chi connectivity index (χ1) is 12.0. The molecule has 1 aromatic heterocycles. The number of aryl methyl sites for hydroxylation is 1. The summed E-state index contributed by atoms with van der Waals surface area (Å²) in [7, 11) is 1.43. The molecule has 1 heterocycles. The summed E-state index contributed by atoms with van der Waals surface area (Å²) < 4.78 is 6.00. The van der Waals surface area contributed by atoms with Gasteiger partial charge in [0.2, 0.25) is 0 Å². The molecule has 25 heavy (non-hydrogen) atoms. The van der Waals surface area contributed by atoms with Crippen LogP contribution in [-0.4, -0.2) is 28.3 Å². The molecular formula is C18H21N3O4. The van der Waals surface area contributed by atoms with Gasteiger partial charge in [0.15, 0.2) is 12.3 Å². The van der Waals surface area contributed by atoms with Gasteiger partial charge in [-0.05, 0) is 18.1 Å². The lowest BCUT2D eigenvalue weighted by Gasteiger charge is -2.18. The topological polar surface area (TPSA) is 90.3 Å². The molecule has 0 saturated heterocycles. The van der Waals surface area contributed by atoms with Crippen LogP contribution in [0.5, 0.6) is 0 Å². The summed E-state index contributed by atoms with van der Waals surface area (Å²) in [6.07, 6.45) is 1.69. The minimum absolute atomic E-state index is 0.0249. The molecule has 0 aliphatic heterocycles. The Morgan fingerprint density at radius 3 is 2.56 bits per heavy atom. The van der Waals surface area contributed by atoms with Crippen LogP contribution in [0.3, 0.4) is 0 Å². The molecule has 1 amide bonds. The number of ether oxygens (including phenoxy) is 1.